The van der Waals surface area contributed by atoms with Crippen LogP contribution in [0.4, 0.5) is 5.69 Å². The summed E-state index contributed by atoms with van der Waals surface area (Å²) in [6, 6.07) is 8.45. The van der Waals surface area contributed by atoms with Crippen molar-refractivity contribution in [1.29, 1.82) is 0 Å². The predicted octanol–water partition coefficient (Wildman–Crippen LogP) is 1.65. The molecule has 3 rings (SSSR count). The first-order chi connectivity index (χ1) is 17.8. The van der Waals surface area contributed by atoms with E-state index in [1.165, 1.54) is 20.5 Å². The number of carbonyl (C=O) groups is 1. The molecule has 0 radical (unpaired) electrons. The third-order valence-electron chi connectivity index (χ3n) is 5.65. The monoisotopic (exact) mass is 513 g/mol. The summed E-state index contributed by atoms with van der Waals surface area (Å²) < 4.78 is 27.1. The van der Waals surface area contributed by atoms with Gasteiger partial charge in [0, 0.05) is 24.1 Å². The standard InChI is InChI=1S/C25H32N6O6/c1-33-19-8-7-14(10-18(19)30-24(32)17(26)6-5-9-29-25(27)28)16-13-37-31-22(16)15-11-20(34-2)23(36-4)21(12-15)35-3/h7-8,10-13,17H,5-6,9,26H2,1-4H3,(H,30,32)(H4,27,28,29)/p+1. The topological polar surface area (TPSA) is 184 Å². The number of aliphatic imine (C=N–C) groups is 1. The van der Waals surface area contributed by atoms with Gasteiger partial charge in [0.25, 0.3) is 5.91 Å². The molecule has 8 N–H and O–H groups in total. The van der Waals surface area contributed by atoms with Crippen LogP contribution in [-0.4, -0.2) is 58.0 Å². The normalized spacial score (nSPS) is 11.4. The third-order valence-corrected chi connectivity index (χ3v) is 5.65. The van der Waals surface area contributed by atoms with Crippen molar-refractivity contribution >= 4 is 17.6 Å². The SMILES string of the molecule is COc1ccc(-c2conc2-c2cc(OC)c(OC)c(OC)c2)cc1NC(=O)C([NH3+])CCCN=C(N)N. The molecule has 0 saturated heterocycles. The van der Waals surface area contributed by atoms with Gasteiger partial charge < -0.3 is 46.0 Å². The van der Waals surface area contributed by atoms with Crippen molar-refractivity contribution in [2.45, 2.75) is 18.9 Å². The van der Waals surface area contributed by atoms with Crippen LogP contribution in [0.2, 0.25) is 0 Å². The fraction of sp³-hybridized carbons (Fsp3) is 0.320. The molecule has 12 heteroatoms. The number of nitrogens with two attached hydrogens (primary N) is 2. The fourth-order valence-electron chi connectivity index (χ4n) is 3.75. The molecule has 0 saturated carbocycles. The van der Waals surface area contributed by atoms with E-state index in [-0.39, 0.29) is 11.9 Å². The van der Waals surface area contributed by atoms with Crippen LogP contribution < -0.4 is 41.5 Å². The van der Waals surface area contributed by atoms with Gasteiger partial charge in [-0.25, -0.2) is 0 Å². The van der Waals surface area contributed by atoms with E-state index in [1.807, 2.05) is 6.07 Å². The van der Waals surface area contributed by atoms with E-state index in [0.717, 1.165) is 5.56 Å². The lowest BCUT2D eigenvalue weighted by molar-refractivity contribution is -0.403. The zero-order valence-corrected chi connectivity index (χ0v) is 21.4. The lowest BCUT2D eigenvalue weighted by Gasteiger charge is -2.15. The number of ether oxygens (including phenoxy) is 4. The summed E-state index contributed by atoms with van der Waals surface area (Å²) in [6.45, 7) is 0.428. The summed E-state index contributed by atoms with van der Waals surface area (Å²) in [4.78, 5) is 16.7. The van der Waals surface area contributed by atoms with E-state index in [0.29, 0.717) is 64.9 Å². The molecule has 1 atom stereocenters. The van der Waals surface area contributed by atoms with Crippen LogP contribution in [0.15, 0.2) is 46.1 Å². The smallest absolute Gasteiger partial charge is 0.282 e. The highest BCUT2D eigenvalue weighted by Gasteiger charge is 2.22. The Kier molecular flexibility index (Phi) is 9.16. The van der Waals surface area contributed by atoms with Gasteiger partial charge in [0.05, 0.1) is 34.1 Å². The van der Waals surface area contributed by atoms with Crippen molar-refractivity contribution in [1.82, 2.24) is 5.16 Å². The molecule has 198 valence electrons. The van der Waals surface area contributed by atoms with E-state index in [4.69, 9.17) is 34.9 Å². The summed E-state index contributed by atoms with van der Waals surface area (Å²) in [5.74, 6) is 1.69. The number of nitrogens with zero attached hydrogens (tertiary/aromatic N) is 2. The van der Waals surface area contributed by atoms with Gasteiger partial charge in [0.15, 0.2) is 23.5 Å². The average molecular weight is 514 g/mol. The summed E-state index contributed by atoms with van der Waals surface area (Å²) >= 11 is 0. The van der Waals surface area contributed by atoms with Crippen LogP contribution in [0, 0.1) is 0 Å². The lowest BCUT2D eigenvalue weighted by atomic mass is 10.00. The average Bonchev–Trinajstić information content (AvgIpc) is 3.40. The molecule has 2 aromatic carbocycles. The number of aromatic nitrogens is 1. The van der Waals surface area contributed by atoms with Crippen LogP contribution in [0.25, 0.3) is 22.4 Å². The maximum atomic E-state index is 12.8. The predicted molar refractivity (Wildman–Crippen MR) is 139 cm³/mol. The number of amides is 1. The lowest BCUT2D eigenvalue weighted by Crippen LogP contribution is -2.66. The Labute approximate surface area is 214 Å². The summed E-state index contributed by atoms with van der Waals surface area (Å²) in [7, 11) is 6.15. The van der Waals surface area contributed by atoms with Crippen molar-refractivity contribution in [3.05, 3.63) is 36.6 Å². The number of carbonyl (C=O) groups excluding carboxylic acids is 1. The first kappa shape index (κ1) is 27.1. The van der Waals surface area contributed by atoms with Crippen molar-refractivity contribution in [3.8, 4) is 45.4 Å². The number of methoxy groups -OCH3 is 4. The van der Waals surface area contributed by atoms with Crippen molar-refractivity contribution < 1.29 is 34.0 Å². The maximum Gasteiger partial charge on any atom is 0.282 e. The number of nitrogens with one attached hydrogen (secondary N) is 1. The molecule has 1 unspecified atom stereocenters. The second kappa shape index (κ2) is 12.5. The summed E-state index contributed by atoms with van der Waals surface area (Å²) in [6.07, 6.45) is 2.66. The number of benzene rings is 2. The quantitative estimate of drug-likeness (QED) is 0.159. The Bertz CT molecular complexity index is 1230. The van der Waals surface area contributed by atoms with E-state index in [2.05, 4.69) is 21.2 Å². The molecule has 0 bridgehead atoms. The number of hydrogen-bond acceptors (Lipinski definition) is 8. The molecule has 1 heterocycles. The van der Waals surface area contributed by atoms with Crippen molar-refractivity contribution in [2.24, 2.45) is 16.5 Å². The fourth-order valence-corrected chi connectivity index (χ4v) is 3.75. The second-order valence-corrected chi connectivity index (χ2v) is 8.04. The zero-order valence-electron chi connectivity index (χ0n) is 21.4. The number of guanidine groups is 1. The Hall–Kier alpha value is -4.45. The Morgan fingerprint density at radius 3 is 2.30 bits per heavy atom. The van der Waals surface area contributed by atoms with Gasteiger partial charge in [-0.05, 0) is 36.2 Å². The maximum absolute atomic E-state index is 12.8. The Morgan fingerprint density at radius 1 is 1.03 bits per heavy atom. The van der Waals surface area contributed by atoms with Gasteiger partial charge in [-0.1, -0.05) is 11.2 Å². The minimum Gasteiger partial charge on any atom is -0.495 e. The largest absolute Gasteiger partial charge is 0.495 e. The van der Waals surface area contributed by atoms with Gasteiger partial charge in [-0.2, -0.15) is 0 Å². The van der Waals surface area contributed by atoms with E-state index >= 15 is 0 Å². The molecule has 0 fully saturated rings. The Morgan fingerprint density at radius 2 is 1.70 bits per heavy atom. The van der Waals surface area contributed by atoms with Crippen LogP contribution in [-0.2, 0) is 4.79 Å². The molecule has 0 aliphatic carbocycles. The number of rotatable bonds is 12. The number of hydrogen-bond donors (Lipinski definition) is 4. The minimum absolute atomic E-state index is 0.0197. The second-order valence-electron chi connectivity index (χ2n) is 8.04. The summed E-state index contributed by atoms with van der Waals surface area (Å²) in [5, 5.41) is 7.11. The van der Waals surface area contributed by atoms with Crippen LogP contribution in [0.5, 0.6) is 23.0 Å². The molecule has 1 aromatic heterocycles. The highest BCUT2D eigenvalue weighted by Crippen LogP contribution is 2.43. The molecular formula is C25H33N6O6+. The van der Waals surface area contributed by atoms with E-state index in [9.17, 15) is 4.79 Å². The van der Waals surface area contributed by atoms with Gasteiger partial charge in [-0.15, -0.1) is 0 Å². The van der Waals surface area contributed by atoms with E-state index < -0.39 is 6.04 Å². The molecule has 37 heavy (non-hydrogen) atoms. The highest BCUT2D eigenvalue weighted by molar-refractivity contribution is 5.96. The van der Waals surface area contributed by atoms with Crippen LogP contribution >= 0.6 is 0 Å². The molecule has 0 aliphatic heterocycles. The molecule has 3 aromatic rings. The number of anilines is 1. The molecule has 12 nitrogen and oxygen atoms in total. The first-order valence-corrected chi connectivity index (χ1v) is 11.4. The zero-order chi connectivity index (χ0) is 26.9. The van der Waals surface area contributed by atoms with Crippen molar-refractivity contribution in [2.75, 3.05) is 40.3 Å². The van der Waals surface area contributed by atoms with E-state index in [1.54, 1.807) is 38.5 Å². The molecule has 0 spiro atoms. The minimum atomic E-state index is -0.507. The van der Waals surface area contributed by atoms with Crippen LogP contribution in [0.3, 0.4) is 0 Å². The van der Waals surface area contributed by atoms with Gasteiger partial charge in [-0.3, -0.25) is 9.79 Å². The number of quaternary nitrogens is 1. The van der Waals surface area contributed by atoms with Gasteiger partial charge in [0.2, 0.25) is 5.75 Å². The van der Waals surface area contributed by atoms with Gasteiger partial charge in [0.1, 0.15) is 17.7 Å². The van der Waals surface area contributed by atoms with Crippen molar-refractivity contribution in [3.63, 3.8) is 0 Å². The summed E-state index contributed by atoms with van der Waals surface area (Å²) in [5.41, 5.74) is 17.8. The highest BCUT2D eigenvalue weighted by atomic mass is 16.5. The third kappa shape index (κ3) is 6.41. The Balaban J connectivity index is 1.90. The molecule has 1 amide bonds. The molecule has 0 aliphatic rings. The van der Waals surface area contributed by atoms with Gasteiger partial charge >= 0.3 is 0 Å². The first-order valence-electron chi connectivity index (χ1n) is 11.4. The van der Waals surface area contributed by atoms with Crippen LogP contribution in [0.1, 0.15) is 12.8 Å². The molecular weight excluding hydrogens is 480 g/mol.